The van der Waals surface area contributed by atoms with Gasteiger partial charge in [-0.25, -0.2) is 33.7 Å². The van der Waals surface area contributed by atoms with Crippen LogP contribution in [0.5, 0.6) is 0 Å². The number of benzene rings is 1. The lowest BCUT2D eigenvalue weighted by Gasteiger charge is -2.41. The Labute approximate surface area is 229 Å². The van der Waals surface area contributed by atoms with E-state index in [1.807, 2.05) is 23.6 Å². The molecule has 1 saturated heterocycles. The van der Waals surface area contributed by atoms with Crippen molar-refractivity contribution in [2.24, 2.45) is 5.73 Å². The van der Waals surface area contributed by atoms with E-state index in [9.17, 15) is 8.78 Å². The Morgan fingerprint density at radius 1 is 1.02 bits per heavy atom. The topological polar surface area (TPSA) is 138 Å². The maximum atomic E-state index is 14.1. The summed E-state index contributed by atoms with van der Waals surface area (Å²) < 4.78 is 29.6. The normalized spacial score (nSPS) is 17.4. The summed E-state index contributed by atoms with van der Waals surface area (Å²) in [5.74, 6) is -0.795. The van der Waals surface area contributed by atoms with Crippen LogP contribution < -0.4 is 16.4 Å². The summed E-state index contributed by atoms with van der Waals surface area (Å²) in [4.78, 5) is 28.7. The first-order chi connectivity index (χ1) is 19.3. The highest BCUT2D eigenvalue weighted by Gasteiger charge is 2.36. The lowest BCUT2D eigenvalue weighted by Crippen LogP contribution is -2.52. The number of piperidine rings is 1. The molecule has 6 rings (SSSR count). The summed E-state index contributed by atoms with van der Waals surface area (Å²) in [7, 11) is 0. The average Bonchev–Trinajstić information content (AvgIpc) is 3.38. The minimum absolute atomic E-state index is 0.293. The maximum Gasteiger partial charge on any atom is 0.165 e. The molecule has 1 fully saturated rings. The van der Waals surface area contributed by atoms with Crippen LogP contribution in [0.1, 0.15) is 36.8 Å². The van der Waals surface area contributed by atoms with Crippen LogP contribution in [0.15, 0.2) is 55.4 Å². The monoisotopic (exact) mass is 542 g/mol. The molecule has 5 aromatic rings. The van der Waals surface area contributed by atoms with E-state index < -0.39 is 17.2 Å². The number of hydrogen-bond donors (Lipinski definition) is 2. The molecular formula is C28H28F2N10. The lowest BCUT2D eigenvalue weighted by molar-refractivity contribution is 0.343. The van der Waals surface area contributed by atoms with E-state index in [4.69, 9.17) is 16.5 Å². The molecule has 0 saturated carbocycles. The van der Waals surface area contributed by atoms with Crippen LogP contribution >= 0.6 is 0 Å². The quantitative estimate of drug-likeness (QED) is 0.330. The molecule has 4 N–H and O–H groups in total. The van der Waals surface area contributed by atoms with Crippen molar-refractivity contribution in [3.8, 4) is 11.3 Å². The predicted octanol–water partition coefficient (Wildman–Crippen LogP) is 3.60. The van der Waals surface area contributed by atoms with Gasteiger partial charge in [-0.3, -0.25) is 4.98 Å². The van der Waals surface area contributed by atoms with Gasteiger partial charge in [-0.2, -0.15) is 0 Å². The predicted molar refractivity (Wildman–Crippen MR) is 147 cm³/mol. The van der Waals surface area contributed by atoms with Crippen molar-refractivity contribution in [3.05, 3.63) is 84.1 Å². The van der Waals surface area contributed by atoms with Gasteiger partial charge in [0.15, 0.2) is 23.1 Å². The number of nitrogens with zero attached hydrogens (tertiary/aromatic N) is 8. The van der Waals surface area contributed by atoms with Crippen LogP contribution in [0.4, 0.5) is 20.3 Å². The second-order valence-electron chi connectivity index (χ2n) is 10.0. The molecule has 0 spiro atoms. The molecule has 12 heteroatoms. The van der Waals surface area contributed by atoms with Gasteiger partial charge in [-0.05, 0) is 48.7 Å². The molecule has 1 atom stereocenters. The van der Waals surface area contributed by atoms with Gasteiger partial charge in [0.25, 0.3) is 0 Å². The fraction of sp³-hybridized carbons (Fsp3) is 0.286. The van der Waals surface area contributed by atoms with Gasteiger partial charge in [0.1, 0.15) is 17.7 Å². The summed E-state index contributed by atoms with van der Waals surface area (Å²) in [6.45, 7) is 3.68. The Hall–Kier alpha value is -4.58. The summed E-state index contributed by atoms with van der Waals surface area (Å²) in [6.07, 6.45) is 8.93. The van der Waals surface area contributed by atoms with Gasteiger partial charge in [0.2, 0.25) is 0 Å². The molecule has 204 valence electrons. The zero-order valence-electron chi connectivity index (χ0n) is 21.9. The van der Waals surface area contributed by atoms with Gasteiger partial charge in [-0.1, -0.05) is 6.92 Å². The number of aromatic nitrogens is 7. The number of nitrogens with two attached hydrogens (primary N) is 2. The number of anilines is 2. The highest BCUT2D eigenvalue weighted by Crippen LogP contribution is 2.34. The standard InChI is InChI=1S/C28H28F2N10/c1-2-24-33-8-6-23(38-24)28(32)7-3-9-39(14-28)22-12-34-21(17-4-5-19(29)20(30)10-17)11-18(22)13-40-16-37-25-26(31)35-15-36-27(25)40/h4-6,8,10-12,15-16H,2-3,7,9,13-14,32H2,1H3,(H2,31,35,36)/t28-/m1/s1. The fourth-order valence-corrected chi connectivity index (χ4v) is 5.26. The lowest BCUT2D eigenvalue weighted by atomic mass is 9.86. The molecule has 1 aromatic carbocycles. The highest BCUT2D eigenvalue weighted by molar-refractivity contribution is 5.81. The van der Waals surface area contributed by atoms with Crippen LogP contribution in [-0.2, 0) is 18.5 Å². The molecule has 0 radical (unpaired) electrons. The van der Waals surface area contributed by atoms with E-state index in [0.29, 0.717) is 41.3 Å². The van der Waals surface area contributed by atoms with Gasteiger partial charge in [0, 0.05) is 31.3 Å². The van der Waals surface area contributed by atoms with Crippen LogP contribution in [0.3, 0.4) is 0 Å². The first-order valence-electron chi connectivity index (χ1n) is 13.1. The molecule has 40 heavy (non-hydrogen) atoms. The molecule has 0 unspecified atom stereocenters. The summed E-state index contributed by atoms with van der Waals surface area (Å²) >= 11 is 0. The Morgan fingerprint density at radius 3 is 2.73 bits per heavy atom. The van der Waals surface area contributed by atoms with E-state index in [1.54, 1.807) is 18.7 Å². The molecule has 0 aliphatic carbocycles. The van der Waals surface area contributed by atoms with Gasteiger partial charge in [-0.15, -0.1) is 0 Å². The molecular weight excluding hydrogens is 514 g/mol. The van der Waals surface area contributed by atoms with Crippen molar-refractivity contribution >= 4 is 22.7 Å². The van der Waals surface area contributed by atoms with Crippen molar-refractivity contribution in [1.29, 1.82) is 0 Å². The SMILES string of the molecule is CCc1nccc([C@@]2(N)CCCN(c3cnc(-c4ccc(F)c(F)c4)cc3Cn3cnc4c(N)ncnc43)C2)n1. The number of fused-ring (bicyclic) bond motifs is 1. The van der Waals surface area contributed by atoms with Gasteiger partial charge >= 0.3 is 0 Å². The van der Waals surface area contributed by atoms with E-state index >= 15 is 0 Å². The smallest absolute Gasteiger partial charge is 0.165 e. The molecule has 1 aliphatic heterocycles. The summed E-state index contributed by atoms with van der Waals surface area (Å²) in [5, 5.41) is 0. The fourth-order valence-electron chi connectivity index (χ4n) is 5.26. The number of hydrogen-bond acceptors (Lipinski definition) is 9. The van der Waals surface area contributed by atoms with Gasteiger partial charge < -0.3 is 20.9 Å². The number of aryl methyl sites for hydroxylation is 1. The molecule has 0 amide bonds. The second-order valence-corrected chi connectivity index (χ2v) is 10.0. The third kappa shape index (κ3) is 4.70. The number of pyridine rings is 1. The Bertz CT molecular complexity index is 1700. The summed E-state index contributed by atoms with van der Waals surface area (Å²) in [5.41, 5.74) is 16.9. The zero-order valence-corrected chi connectivity index (χ0v) is 21.9. The van der Waals surface area contributed by atoms with Crippen molar-refractivity contribution in [2.75, 3.05) is 23.7 Å². The van der Waals surface area contributed by atoms with E-state index in [2.05, 4.69) is 29.8 Å². The Balaban J connectivity index is 1.42. The first-order valence-corrected chi connectivity index (χ1v) is 13.1. The van der Waals surface area contributed by atoms with E-state index in [1.165, 1.54) is 12.4 Å². The average molecular weight is 543 g/mol. The van der Waals surface area contributed by atoms with E-state index in [0.717, 1.165) is 60.7 Å². The minimum atomic E-state index is -0.932. The van der Waals surface area contributed by atoms with Crippen molar-refractivity contribution in [3.63, 3.8) is 0 Å². The van der Waals surface area contributed by atoms with E-state index in [-0.39, 0.29) is 0 Å². The number of imidazole rings is 1. The number of rotatable bonds is 6. The zero-order chi connectivity index (χ0) is 27.9. The third-order valence-corrected chi connectivity index (χ3v) is 7.35. The maximum absolute atomic E-state index is 14.1. The first kappa shape index (κ1) is 25.7. The van der Waals surface area contributed by atoms with Crippen LogP contribution in [0.2, 0.25) is 0 Å². The van der Waals surface area contributed by atoms with Crippen LogP contribution in [0.25, 0.3) is 22.4 Å². The van der Waals surface area contributed by atoms with Crippen molar-refractivity contribution in [2.45, 2.75) is 38.3 Å². The highest BCUT2D eigenvalue weighted by atomic mass is 19.2. The second kappa shape index (κ2) is 10.2. The number of halogens is 2. The summed E-state index contributed by atoms with van der Waals surface area (Å²) in [6, 6.07) is 7.52. The Morgan fingerprint density at radius 2 is 1.90 bits per heavy atom. The minimum Gasteiger partial charge on any atom is -0.382 e. The molecule has 1 aliphatic rings. The van der Waals surface area contributed by atoms with Crippen LogP contribution in [0, 0.1) is 11.6 Å². The molecule has 10 nitrogen and oxygen atoms in total. The molecule has 5 heterocycles. The molecule has 4 aromatic heterocycles. The van der Waals surface area contributed by atoms with Crippen molar-refractivity contribution < 1.29 is 8.78 Å². The third-order valence-electron chi connectivity index (χ3n) is 7.35. The van der Waals surface area contributed by atoms with Gasteiger partial charge in [0.05, 0.1) is 41.7 Å². The Kier molecular flexibility index (Phi) is 6.54. The molecule has 0 bridgehead atoms. The van der Waals surface area contributed by atoms with Crippen molar-refractivity contribution in [1.82, 2.24) is 34.5 Å². The van der Waals surface area contributed by atoms with Crippen LogP contribution in [-0.4, -0.2) is 47.6 Å². The largest absolute Gasteiger partial charge is 0.382 e. The number of nitrogen functional groups attached to an aromatic ring is 1.